The molecular formula is C13H19N3O2. The molecule has 0 aromatic heterocycles. The van der Waals surface area contributed by atoms with Crippen LogP contribution < -0.4 is 11.1 Å². The standard InChI is InChI=1S/C13H19N3O2/c14-9-13(10-3-1-2-4-10)15-11-5-7-12(8-6-11)16(17)18/h5-8,10,13,15H,1-4,9,14H2. The first-order valence-electron chi connectivity index (χ1n) is 6.42. The molecule has 1 unspecified atom stereocenters. The van der Waals surface area contributed by atoms with Crippen LogP contribution in [-0.2, 0) is 0 Å². The van der Waals surface area contributed by atoms with Gasteiger partial charge in [-0.2, -0.15) is 0 Å². The van der Waals surface area contributed by atoms with E-state index < -0.39 is 0 Å². The number of hydrogen-bond acceptors (Lipinski definition) is 4. The lowest BCUT2D eigenvalue weighted by molar-refractivity contribution is -0.384. The molecular weight excluding hydrogens is 230 g/mol. The van der Waals surface area contributed by atoms with Crippen molar-refractivity contribution in [2.45, 2.75) is 31.7 Å². The Hall–Kier alpha value is -1.62. The van der Waals surface area contributed by atoms with Crippen LogP contribution in [0.3, 0.4) is 0 Å². The second kappa shape index (κ2) is 5.82. The summed E-state index contributed by atoms with van der Waals surface area (Å²) in [7, 11) is 0. The molecule has 1 aromatic rings. The molecule has 5 nitrogen and oxygen atoms in total. The van der Waals surface area contributed by atoms with Gasteiger partial charge in [-0.25, -0.2) is 0 Å². The Labute approximate surface area is 107 Å². The number of non-ortho nitro benzene ring substituents is 1. The average molecular weight is 249 g/mol. The van der Waals surface area contributed by atoms with Crippen LogP contribution >= 0.6 is 0 Å². The fraction of sp³-hybridized carbons (Fsp3) is 0.538. The van der Waals surface area contributed by atoms with Crippen molar-refractivity contribution < 1.29 is 4.92 Å². The maximum atomic E-state index is 10.6. The summed E-state index contributed by atoms with van der Waals surface area (Å²) in [5.74, 6) is 0.630. The molecule has 0 heterocycles. The van der Waals surface area contributed by atoms with Gasteiger partial charge in [0.2, 0.25) is 0 Å². The first-order chi connectivity index (χ1) is 8.70. The van der Waals surface area contributed by atoms with Crippen molar-refractivity contribution >= 4 is 11.4 Å². The van der Waals surface area contributed by atoms with Gasteiger partial charge in [-0.1, -0.05) is 12.8 Å². The summed E-state index contributed by atoms with van der Waals surface area (Å²) >= 11 is 0. The predicted molar refractivity (Wildman–Crippen MR) is 71.5 cm³/mol. The van der Waals surface area contributed by atoms with E-state index in [4.69, 9.17) is 5.73 Å². The van der Waals surface area contributed by atoms with Crippen LogP contribution in [0, 0.1) is 16.0 Å². The van der Waals surface area contributed by atoms with Crippen LogP contribution in [0.2, 0.25) is 0 Å². The zero-order chi connectivity index (χ0) is 13.0. The Kier molecular flexibility index (Phi) is 4.15. The molecule has 0 amide bonds. The highest BCUT2D eigenvalue weighted by molar-refractivity contribution is 5.49. The lowest BCUT2D eigenvalue weighted by atomic mass is 9.98. The molecule has 18 heavy (non-hydrogen) atoms. The van der Waals surface area contributed by atoms with Gasteiger partial charge >= 0.3 is 0 Å². The molecule has 0 bridgehead atoms. The molecule has 98 valence electrons. The number of rotatable bonds is 5. The second-order valence-electron chi connectivity index (χ2n) is 4.84. The Morgan fingerprint density at radius 2 is 1.94 bits per heavy atom. The monoisotopic (exact) mass is 249 g/mol. The largest absolute Gasteiger partial charge is 0.381 e. The van der Waals surface area contributed by atoms with Crippen LogP contribution in [0.15, 0.2) is 24.3 Å². The van der Waals surface area contributed by atoms with Crippen LogP contribution in [0.4, 0.5) is 11.4 Å². The van der Waals surface area contributed by atoms with Crippen molar-refractivity contribution in [3.63, 3.8) is 0 Å². The lowest BCUT2D eigenvalue weighted by Crippen LogP contribution is -2.35. The van der Waals surface area contributed by atoms with E-state index in [0.717, 1.165) is 5.69 Å². The average Bonchev–Trinajstić information content (AvgIpc) is 2.90. The molecule has 3 N–H and O–H groups in total. The van der Waals surface area contributed by atoms with Crippen molar-refractivity contribution in [1.82, 2.24) is 0 Å². The highest BCUT2D eigenvalue weighted by Gasteiger charge is 2.23. The normalized spacial score (nSPS) is 17.6. The highest BCUT2D eigenvalue weighted by Crippen LogP contribution is 2.29. The van der Waals surface area contributed by atoms with Crippen LogP contribution in [-0.4, -0.2) is 17.5 Å². The van der Waals surface area contributed by atoms with Crippen molar-refractivity contribution in [2.75, 3.05) is 11.9 Å². The maximum Gasteiger partial charge on any atom is 0.269 e. The number of nitrogens with one attached hydrogen (secondary N) is 1. The molecule has 0 spiro atoms. The van der Waals surface area contributed by atoms with Gasteiger partial charge in [0.1, 0.15) is 0 Å². The molecule has 5 heteroatoms. The maximum absolute atomic E-state index is 10.6. The van der Waals surface area contributed by atoms with Gasteiger partial charge in [-0.05, 0) is 30.9 Å². The molecule has 1 fully saturated rings. The Bertz CT molecular complexity index is 399. The van der Waals surface area contributed by atoms with Gasteiger partial charge in [0.05, 0.1) is 4.92 Å². The molecule has 1 atom stereocenters. The molecule has 0 aliphatic heterocycles. The molecule has 0 saturated heterocycles. The van der Waals surface area contributed by atoms with E-state index >= 15 is 0 Å². The second-order valence-corrected chi connectivity index (χ2v) is 4.84. The molecule has 2 rings (SSSR count). The van der Waals surface area contributed by atoms with Crippen LogP contribution in [0.1, 0.15) is 25.7 Å². The SMILES string of the molecule is NCC(Nc1ccc([N+](=O)[O-])cc1)C1CCCC1. The Morgan fingerprint density at radius 3 is 2.44 bits per heavy atom. The van der Waals surface area contributed by atoms with E-state index in [1.165, 1.54) is 37.8 Å². The molecule has 1 aliphatic carbocycles. The predicted octanol–water partition coefficient (Wildman–Crippen LogP) is 2.52. The van der Waals surface area contributed by atoms with E-state index in [1.807, 2.05) is 0 Å². The van der Waals surface area contributed by atoms with Gasteiger partial charge < -0.3 is 11.1 Å². The van der Waals surface area contributed by atoms with Gasteiger partial charge in [0, 0.05) is 30.4 Å². The third-order valence-electron chi connectivity index (χ3n) is 3.65. The summed E-state index contributed by atoms with van der Waals surface area (Å²) in [4.78, 5) is 10.2. The van der Waals surface area contributed by atoms with E-state index in [9.17, 15) is 10.1 Å². The number of nitro benzene ring substituents is 1. The third kappa shape index (κ3) is 2.98. The number of benzene rings is 1. The van der Waals surface area contributed by atoms with Gasteiger partial charge in [0.25, 0.3) is 5.69 Å². The van der Waals surface area contributed by atoms with Gasteiger partial charge in [-0.15, -0.1) is 0 Å². The lowest BCUT2D eigenvalue weighted by Gasteiger charge is -2.24. The van der Waals surface area contributed by atoms with Gasteiger partial charge in [-0.3, -0.25) is 10.1 Å². The molecule has 0 radical (unpaired) electrons. The summed E-state index contributed by atoms with van der Waals surface area (Å²) in [6.45, 7) is 0.599. The molecule has 1 saturated carbocycles. The fourth-order valence-electron chi connectivity index (χ4n) is 2.62. The van der Waals surface area contributed by atoms with Crippen molar-refractivity contribution in [1.29, 1.82) is 0 Å². The smallest absolute Gasteiger partial charge is 0.269 e. The quantitative estimate of drug-likeness (QED) is 0.620. The summed E-state index contributed by atoms with van der Waals surface area (Å²) in [5.41, 5.74) is 6.83. The van der Waals surface area contributed by atoms with Crippen molar-refractivity contribution in [2.24, 2.45) is 11.7 Å². The summed E-state index contributed by atoms with van der Waals surface area (Å²) in [6, 6.07) is 6.80. The number of nitrogens with zero attached hydrogens (tertiary/aromatic N) is 1. The minimum absolute atomic E-state index is 0.116. The highest BCUT2D eigenvalue weighted by atomic mass is 16.6. The zero-order valence-electron chi connectivity index (χ0n) is 10.3. The Balaban J connectivity index is 2.00. The third-order valence-corrected chi connectivity index (χ3v) is 3.65. The number of nitrogens with two attached hydrogens (primary N) is 1. The zero-order valence-corrected chi connectivity index (χ0v) is 10.3. The van der Waals surface area contributed by atoms with E-state index in [-0.39, 0.29) is 16.7 Å². The summed E-state index contributed by atoms with van der Waals surface area (Å²) in [5, 5.41) is 14.0. The number of anilines is 1. The number of nitro groups is 1. The van der Waals surface area contributed by atoms with E-state index in [2.05, 4.69) is 5.32 Å². The molecule has 1 aromatic carbocycles. The minimum Gasteiger partial charge on any atom is -0.381 e. The topological polar surface area (TPSA) is 81.2 Å². The fourth-order valence-corrected chi connectivity index (χ4v) is 2.62. The molecule has 1 aliphatic rings. The Morgan fingerprint density at radius 1 is 1.33 bits per heavy atom. The van der Waals surface area contributed by atoms with Crippen LogP contribution in [0.5, 0.6) is 0 Å². The number of hydrogen-bond donors (Lipinski definition) is 2. The van der Waals surface area contributed by atoms with Crippen molar-refractivity contribution in [3.8, 4) is 0 Å². The summed E-state index contributed by atoms with van der Waals surface area (Å²) in [6.07, 6.45) is 5.01. The summed E-state index contributed by atoms with van der Waals surface area (Å²) < 4.78 is 0. The first-order valence-corrected chi connectivity index (χ1v) is 6.42. The van der Waals surface area contributed by atoms with Crippen molar-refractivity contribution in [3.05, 3.63) is 34.4 Å². The minimum atomic E-state index is -0.388. The van der Waals surface area contributed by atoms with E-state index in [0.29, 0.717) is 12.5 Å². The van der Waals surface area contributed by atoms with Crippen LogP contribution in [0.25, 0.3) is 0 Å². The van der Waals surface area contributed by atoms with E-state index in [1.54, 1.807) is 12.1 Å². The van der Waals surface area contributed by atoms with Gasteiger partial charge in [0.15, 0.2) is 0 Å². The first kappa shape index (κ1) is 12.8.